The van der Waals surface area contributed by atoms with Gasteiger partial charge in [-0.1, -0.05) is 32.1 Å². The van der Waals surface area contributed by atoms with Gasteiger partial charge in [-0.05, 0) is 59.2 Å². The third-order valence-electron chi connectivity index (χ3n) is 4.02. The van der Waals surface area contributed by atoms with Crippen molar-refractivity contribution in [2.75, 3.05) is 5.32 Å². The smallest absolute Gasteiger partial charge is 0.224 e. The van der Waals surface area contributed by atoms with Gasteiger partial charge in [-0.25, -0.2) is 0 Å². The van der Waals surface area contributed by atoms with Crippen LogP contribution in [0.3, 0.4) is 0 Å². The number of rotatable bonds is 4. The van der Waals surface area contributed by atoms with Gasteiger partial charge in [0, 0.05) is 24.5 Å². The Morgan fingerprint density at radius 2 is 2.17 bits per heavy atom. The van der Waals surface area contributed by atoms with E-state index in [-0.39, 0.29) is 5.91 Å². The summed E-state index contributed by atoms with van der Waals surface area (Å²) < 4.78 is 0. The van der Waals surface area contributed by atoms with Crippen molar-refractivity contribution in [3.63, 3.8) is 0 Å². The van der Waals surface area contributed by atoms with Gasteiger partial charge in [0.05, 0.1) is 0 Å². The third-order valence-corrected chi connectivity index (χ3v) is 4.02. The molecule has 3 nitrogen and oxygen atoms in total. The Balaban J connectivity index is 1.93. The zero-order valence-corrected chi connectivity index (χ0v) is 13.7. The Hall–Kier alpha value is -2.42. The molecule has 118 valence electrons. The second kappa shape index (κ2) is 6.78. The molecule has 3 rings (SSSR count). The minimum atomic E-state index is 0.110. The molecule has 0 saturated heterocycles. The average molecular weight is 306 g/mol. The fourth-order valence-electron chi connectivity index (χ4n) is 2.97. The van der Waals surface area contributed by atoms with E-state index in [4.69, 9.17) is 0 Å². The van der Waals surface area contributed by atoms with Crippen molar-refractivity contribution in [3.8, 4) is 0 Å². The monoisotopic (exact) mass is 306 g/mol. The zero-order valence-electron chi connectivity index (χ0n) is 13.7. The molecule has 23 heavy (non-hydrogen) atoms. The summed E-state index contributed by atoms with van der Waals surface area (Å²) in [5, 5.41) is 2.95. The van der Waals surface area contributed by atoms with Crippen LogP contribution in [0.15, 0.2) is 48.8 Å². The van der Waals surface area contributed by atoms with E-state index in [1.54, 1.807) is 6.20 Å². The van der Waals surface area contributed by atoms with E-state index < -0.39 is 0 Å². The number of pyridine rings is 1. The SMILES string of the molecule is CC(C)C=C(Cc1cccnc1)c1ccc2c(c1)CCC(=O)N2. The zero-order chi connectivity index (χ0) is 16.2. The average Bonchev–Trinajstić information content (AvgIpc) is 2.54. The first-order chi connectivity index (χ1) is 11.1. The number of amides is 1. The van der Waals surface area contributed by atoms with Gasteiger partial charge in [0.2, 0.25) is 5.91 Å². The Morgan fingerprint density at radius 1 is 1.30 bits per heavy atom. The van der Waals surface area contributed by atoms with Gasteiger partial charge in [0.25, 0.3) is 0 Å². The largest absolute Gasteiger partial charge is 0.326 e. The number of benzene rings is 1. The summed E-state index contributed by atoms with van der Waals surface area (Å²) in [5.41, 5.74) is 5.94. The van der Waals surface area contributed by atoms with E-state index in [1.807, 2.05) is 18.3 Å². The van der Waals surface area contributed by atoms with Gasteiger partial charge in [-0.15, -0.1) is 0 Å². The predicted molar refractivity (Wildman–Crippen MR) is 94.1 cm³/mol. The Labute approximate surface area is 137 Å². The van der Waals surface area contributed by atoms with Crippen molar-refractivity contribution in [2.24, 2.45) is 5.92 Å². The Kier molecular flexibility index (Phi) is 4.56. The molecular weight excluding hydrogens is 284 g/mol. The molecule has 1 N–H and O–H groups in total. The lowest BCUT2D eigenvalue weighted by Crippen LogP contribution is -2.18. The number of hydrogen-bond acceptors (Lipinski definition) is 2. The summed E-state index contributed by atoms with van der Waals surface area (Å²) in [6.07, 6.45) is 8.30. The molecule has 1 aliphatic rings. The molecule has 0 bridgehead atoms. The molecule has 0 spiro atoms. The molecule has 3 heteroatoms. The van der Waals surface area contributed by atoms with Crippen LogP contribution in [-0.4, -0.2) is 10.9 Å². The highest BCUT2D eigenvalue weighted by molar-refractivity contribution is 5.94. The number of allylic oxidation sites excluding steroid dienone is 2. The topological polar surface area (TPSA) is 42.0 Å². The molecule has 0 radical (unpaired) electrons. The number of aryl methyl sites for hydroxylation is 1. The van der Waals surface area contributed by atoms with Crippen molar-refractivity contribution in [3.05, 3.63) is 65.5 Å². The number of aromatic nitrogens is 1. The highest BCUT2D eigenvalue weighted by Crippen LogP contribution is 2.28. The van der Waals surface area contributed by atoms with E-state index in [0.717, 1.165) is 18.5 Å². The van der Waals surface area contributed by atoms with Gasteiger partial charge < -0.3 is 5.32 Å². The lowest BCUT2D eigenvalue weighted by Gasteiger charge is -2.19. The number of anilines is 1. The van der Waals surface area contributed by atoms with Crippen LogP contribution in [0.25, 0.3) is 5.57 Å². The maximum atomic E-state index is 11.5. The minimum Gasteiger partial charge on any atom is -0.326 e. The van der Waals surface area contributed by atoms with Gasteiger partial charge in [-0.3, -0.25) is 9.78 Å². The van der Waals surface area contributed by atoms with Gasteiger partial charge in [0.15, 0.2) is 0 Å². The molecule has 0 unspecified atom stereocenters. The standard InChI is InChI=1S/C20H22N2O/c1-14(2)10-18(11-15-4-3-9-21-13-15)16-5-7-19-17(12-16)6-8-20(23)22-19/h3-5,7,9-10,12-14H,6,8,11H2,1-2H3,(H,22,23). The first-order valence-corrected chi connectivity index (χ1v) is 8.14. The summed E-state index contributed by atoms with van der Waals surface area (Å²) in [4.78, 5) is 15.7. The van der Waals surface area contributed by atoms with E-state index >= 15 is 0 Å². The van der Waals surface area contributed by atoms with Crippen LogP contribution < -0.4 is 5.32 Å². The highest BCUT2D eigenvalue weighted by atomic mass is 16.1. The molecule has 1 aromatic carbocycles. The van der Waals surface area contributed by atoms with Gasteiger partial charge in [-0.2, -0.15) is 0 Å². The van der Waals surface area contributed by atoms with Crippen LogP contribution in [0.4, 0.5) is 5.69 Å². The first kappa shape index (κ1) is 15.5. The third kappa shape index (κ3) is 3.86. The predicted octanol–water partition coefficient (Wildman–Crippen LogP) is 4.25. The fraction of sp³-hybridized carbons (Fsp3) is 0.300. The van der Waals surface area contributed by atoms with Gasteiger partial charge in [0.1, 0.15) is 0 Å². The lowest BCUT2D eigenvalue weighted by atomic mass is 9.92. The van der Waals surface area contributed by atoms with Crippen molar-refractivity contribution in [2.45, 2.75) is 33.1 Å². The second-order valence-electron chi connectivity index (χ2n) is 6.39. The molecule has 2 heterocycles. The Bertz CT molecular complexity index is 733. The van der Waals surface area contributed by atoms with Gasteiger partial charge >= 0.3 is 0 Å². The quantitative estimate of drug-likeness (QED) is 0.917. The Morgan fingerprint density at radius 3 is 2.91 bits per heavy atom. The van der Waals surface area contributed by atoms with Crippen LogP contribution >= 0.6 is 0 Å². The van der Waals surface area contributed by atoms with E-state index in [0.29, 0.717) is 12.3 Å². The van der Waals surface area contributed by atoms with Crippen molar-refractivity contribution < 1.29 is 4.79 Å². The summed E-state index contributed by atoms with van der Waals surface area (Å²) in [7, 11) is 0. The molecule has 1 amide bonds. The minimum absolute atomic E-state index is 0.110. The fourth-order valence-corrected chi connectivity index (χ4v) is 2.97. The number of nitrogens with zero attached hydrogens (tertiary/aromatic N) is 1. The van der Waals surface area contributed by atoms with Crippen molar-refractivity contribution in [1.82, 2.24) is 4.98 Å². The molecule has 0 fully saturated rings. The maximum absolute atomic E-state index is 11.5. The number of nitrogens with one attached hydrogen (secondary N) is 1. The number of hydrogen-bond donors (Lipinski definition) is 1. The van der Waals surface area contributed by atoms with E-state index in [9.17, 15) is 4.79 Å². The summed E-state index contributed by atoms with van der Waals surface area (Å²) in [6, 6.07) is 10.4. The molecule has 0 saturated carbocycles. The molecule has 1 aromatic heterocycles. The van der Waals surface area contributed by atoms with E-state index in [1.165, 1.54) is 22.3 Å². The second-order valence-corrected chi connectivity index (χ2v) is 6.39. The molecular formula is C20H22N2O. The summed E-state index contributed by atoms with van der Waals surface area (Å²) >= 11 is 0. The van der Waals surface area contributed by atoms with Crippen LogP contribution in [0, 0.1) is 5.92 Å². The summed E-state index contributed by atoms with van der Waals surface area (Å²) in [6.45, 7) is 4.39. The van der Waals surface area contributed by atoms with Crippen molar-refractivity contribution in [1.29, 1.82) is 0 Å². The maximum Gasteiger partial charge on any atom is 0.224 e. The first-order valence-electron chi connectivity index (χ1n) is 8.14. The normalized spacial score (nSPS) is 14.6. The number of fused-ring (bicyclic) bond motifs is 1. The highest BCUT2D eigenvalue weighted by Gasteiger charge is 2.16. The molecule has 0 aliphatic carbocycles. The van der Waals surface area contributed by atoms with Crippen LogP contribution in [0.5, 0.6) is 0 Å². The molecule has 2 aromatic rings. The summed E-state index contributed by atoms with van der Waals surface area (Å²) in [5.74, 6) is 0.593. The lowest BCUT2D eigenvalue weighted by molar-refractivity contribution is -0.116. The molecule has 0 atom stereocenters. The number of carbonyl (C=O) groups is 1. The van der Waals surface area contributed by atoms with Crippen molar-refractivity contribution >= 4 is 17.2 Å². The van der Waals surface area contributed by atoms with Crippen LogP contribution in [0.1, 0.15) is 37.0 Å². The van der Waals surface area contributed by atoms with Crippen LogP contribution in [0.2, 0.25) is 0 Å². The van der Waals surface area contributed by atoms with E-state index in [2.05, 4.69) is 48.4 Å². The van der Waals surface area contributed by atoms with Crippen LogP contribution in [-0.2, 0) is 17.6 Å². The molecule has 1 aliphatic heterocycles. The number of carbonyl (C=O) groups excluding carboxylic acids is 1.